The topological polar surface area (TPSA) is 23.6 Å². The first-order chi connectivity index (χ1) is 15.9. The lowest BCUT2D eigenvalue weighted by molar-refractivity contribution is -0.128. The van der Waals surface area contributed by atoms with Gasteiger partial charge in [0.1, 0.15) is 0 Å². The van der Waals surface area contributed by atoms with Crippen molar-refractivity contribution in [3.05, 3.63) is 76.8 Å². The van der Waals surface area contributed by atoms with Gasteiger partial charge in [-0.15, -0.1) is 13.2 Å². The van der Waals surface area contributed by atoms with E-state index in [4.69, 9.17) is 23.2 Å². The number of carbonyl (C=O) groups excluding carboxylic acids is 1. The number of halogens is 2. The molecule has 0 aromatic heterocycles. The summed E-state index contributed by atoms with van der Waals surface area (Å²) in [6.07, 6.45) is 11.6. The molecule has 0 aliphatic carbocycles. The number of rotatable bonds is 5. The number of allylic oxidation sites excluding steroid dienone is 3. The zero-order chi connectivity index (χ0) is 24.9. The summed E-state index contributed by atoms with van der Waals surface area (Å²) >= 11 is 12.4. The van der Waals surface area contributed by atoms with Crippen molar-refractivity contribution in [1.82, 2.24) is 9.80 Å². The van der Waals surface area contributed by atoms with Gasteiger partial charge in [0, 0.05) is 42.0 Å². The number of likely N-dealkylation sites (tertiary alicyclic amines) is 2. The molecule has 0 N–H and O–H groups in total. The highest BCUT2D eigenvalue weighted by Crippen LogP contribution is 2.45. The van der Waals surface area contributed by atoms with Crippen molar-refractivity contribution in [3.63, 3.8) is 0 Å². The summed E-state index contributed by atoms with van der Waals surface area (Å²) in [5.74, 6) is 0.150. The summed E-state index contributed by atoms with van der Waals surface area (Å²) in [4.78, 5) is 16.5. The molecule has 33 heavy (non-hydrogen) atoms. The number of amides is 1. The van der Waals surface area contributed by atoms with E-state index >= 15 is 0 Å². The van der Waals surface area contributed by atoms with E-state index in [-0.39, 0.29) is 11.3 Å². The van der Waals surface area contributed by atoms with Gasteiger partial charge >= 0.3 is 0 Å². The molecule has 3 rings (SSSR count). The minimum Gasteiger partial charge on any atom is -0.338 e. The summed E-state index contributed by atoms with van der Waals surface area (Å²) < 4.78 is 0. The van der Waals surface area contributed by atoms with E-state index in [1.165, 1.54) is 11.1 Å². The van der Waals surface area contributed by atoms with Gasteiger partial charge in [-0.05, 0) is 61.7 Å². The number of hydrogen-bond acceptors (Lipinski definition) is 2. The molecule has 3 nitrogen and oxygen atoms in total. The third-order valence-corrected chi connectivity index (χ3v) is 6.56. The van der Waals surface area contributed by atoms with Crippen molar-refractivity contribution in [2.24, 2.45) is 5.41 Å². The fourth-order valence-corrected chi connectivity index (χ4v) is 4.70. The maximum absolute atomic E-state index is 12.0. The average molecular weight is 492 g/mol. The van der Waals surface area contributed by atoms with Crippen LogP contribution in [0.15, 0.2) is 66.3 Å². The Kier molecular flexibility index (Phi) is 13.4. The van der Waals surface area contributed by atoms with Crippen molar-refractivity contribution in [1.29, 1.82) is 0 Å². The molecule has 0 unspecified atom stereocenters. The highest BCUT2D eigenvalue weighted by molar-refractivity contribution is 6.31. The molecule has 1 aromatic carbocycles. The van der Waals surface area contributed by atoms with Gasteiger partial charge in [-0.2, -0.15) is 0 Å². The Bertz CT molecular complexity index is 819. The lowest BCUT2D eigenvalue weighted by Gasteiger charge is -2.39. The van der Waals surface area contributed by atoms with E-state index in [0.29, 0.717) is 6.54 Å². The van der Waals surface area contributed by atoms with E-state index in [1.54, 1.807) is 6.92 Å². The number of benzene rings is 1. The smallest absolute Gasteiger partial charge is 0.219 e. The van der Waals surface area contributed by atoms with Crippen LogP contribution in [0.2, 0.25) is 5.02 Å². The molecule has 1 amide bonds. The van der Waals surface area contributed by atoms with Gasteiger partial charge < -0.3 is 4.90 Å². The molecule has 5 heteroatoms. The van der Waals surface area contributed by atoms with Crippen LogP contribution in [-0.4, -0.2) is 48.4 Å². The summed E-state index contributed by atoms with van der Waals surface area (Å²) in [6.45, 7) is 18.3. The van der Waals surface area contributed by atoms with Crippen LogP contribution < -0.4 is 0 Å². The Hall–Kier alpha value is -1.81. The monoisotopic (exact) mass is 490 g/mol. The third kappa shape index (κ3) is 8.81. The standard InChI is InChI=1S/C24H30Cl2N2O.C2H6.C2H4/c1-3-5-23(26)16-21-17-28(19(2)29)18-24(21)11-14-27(15-12-24)13-4-6-20-7-9-22(25)10-8-20;2*1-2/h4-10,16H,3,11-15,17-18H2,1-2H3;1-2H3;1-2H2/b6-4+,21-16+,23-5+;;. The Morgan fingerprint density at radius 1 is 1.15 bits per heavy atom. The van der Waals surface area contributed by atoms with E-state index in [2.05, 4.69) is 43.2 Å². The molecule has 2 saturated heterocycles. The number of nitrogens with zero attached hydrogens (tertiary/aromatic N) is 2. The molecule has 1 aromatic rings. The third-order valence-electron chi connectivity index (χ3n) is 6.05. The summed E-state index contributed by atoms with van der Waals surface area (Å²) in [7, 11) is 0. The first-order valence-electron chi connectivity index (χ1n) is 11.9. The Labute approximate surface area is 211 Å². The van der Waals surface area contributed by atoms with Gasteiger partial charge in [0.2, 0.25) is 5.91 Å². The van der Waals surface area contributed by atoms with Crippen LogP contribution in [0.3, 0.4) is 0 Å². The van der Waals surface area contributed by atoms with E-state index < -0.39 is 0 Å². The highest BCUT2D eigenvalue weighted by Gasteiger charge is 2.44. The SMILES string of the molecule is C=C.CC.CC/C=C(Cl)\C=C1/CN(C(C)=O)CC12CCN(C/C=C/c1ccc(Cl)cc1)CC2. The molecule has 0 bridgehead atoms. The van der Waals surface area contributed by atoms with Gasteiger partial charge in [0.25, 0.3) is 0 Å². The van der Waals surface area contributed by atoms with Crippen molar-refractivity contribution in [2.75, 3.05) is 32.7 Å². The van der Waals surface area contributed by atoms with Crippen LogP contribution in [0.4, 0.5) is 0 Å². The van der Waals surface area contributed by atoms with Gasteiger partial charge in [-0.1, -0.05) is 74.3 Å². The van der Waals surface area contributed by atoms with Gasteiger partial charge in [0.05, 0.1) is 0 Å². The molecule has 2 heterocycles. The minimum absolute atomic E-state index is 0.0732. The lowest BCUT2D eigenvalue weighted by atomic mass is 9.74. The number of hydrogen-bond donors (Lipinski definition) is 0. The van der Waals surface area contributed by atoms with E-state index in [0.717, 1.165) is 55.5 Å². The first kappa shape index (κ1) is 29.2. The normalized spacial score (nSPS) is 19.3. The van der Waals surface area contributed by atoms with Crippen LogP contribution in [0.5, 0.6) is 0 Å². The molecule has 1 spiro atoms. The molecular weight excluding hydrogens is 451 g/mol. The summed E-state index contributed by atoms with van der Waals surface area (Å²) in [5.41, 5.74) is 2.56. The van der Waals surface area contributed by atoms with Crippen molar-refractivity contribution in [3.8, 4) is 0 Å². The largest absolute Gasteiger partial charge is 0.338 e. The maximum atomic E-state index is 12.0. The second kappa shape index (κ2) is 15.2. The average Bonchev–Trinajstić information content (AvgIpc) is 3.17. The maximum Gasteiger partial charge on any atom is 0.219 e. The van der Waals surface area contributed by atoms with Crippen molar-refractivity contribution in [2.45, 2.75) is 47.0 Å². The zero-order valence-corrected chi connectivity index (χ0v) is 22.3. The van der Waals surface area contributed by atoms with Gasteiger partial charge in [0.15, 0.2) is 0 Å². The first-order valence-corrected chi connectivity index (χ1v) is 12.6. The fraction of sp³-hybridized carbons (Fsp3) is 0.464. The molecule has 0 radical (unpaired) electrons. The predicted molar refractivity (Wildman–Crippen MR) is 146 cm³/mol. The van der Waals surface area contributed by atoms with Crippen molar-refractivity contribution < 1.29 is 4.79 Å². The molecular formula is C28H40Cl2N2O. The quantitative estimate of drug-likeness (QED) is 0.396. The van der Waals surface area contributed by atoms with E-state index in [9.17, 15) is 4.79 Å². The van der Waals surface area contributed by atoms with Gasteiger partial charge in [-0.25, -0.2) is 0 Å². The summed E-state index contributed by atoms with van der Waals surface area (Å²) in [6, 6.07) is 7.89. The number of carbonyl (C=O) groups is 1. The highest BCUT2D eigenvalue weighted by atomic mass is 35.5. The van der Waals surface area contributed by atoms with Crippen LogP contribution in [-0.2, 0) is 4.79 Å². The molecule has 2 aliphatic rings. The van der Waals surface area contributed by atoms with Gasteiger partial charge in [-0.3, -0.25) is 9.69 Å². The number of piperidine rings is 1. The summed E-state index contributed by atoms with van der Waals surface area (Å²) in [5, 5.41) is 1.55. The van der Waals surface area contributed by atoms with Crippen LogP contribution in [0.1, 0.15) is 52.5 Å². The van der Waals surface area contributed by atoms with Crippen LogP contribution in [0.25, 0.3) is 6.08 Å². The van der Waals surface area contributed by atoms with Crippen LogP contribution in [0, 0.1) is 5.41 Å². The molecule has 2 aliphatic heterocycles. The molecule has 0 atom stereocenters. The lowest BCUT2D eigenvalue weighted by Crippen LogP contribution is -2.42. The second-order valence-electron chi connectivity index (χ2n) is 8.08. The zero-order valence-electron chi connectivity index (χ0n) is 20.7. The molecule has 0 saturated carbocycles. The molecule has 2 fully saturated rings. The fourth-order valence-electron chi connectivity index (χ4n) is 4.29. The Morgan fingerprint density at radius 3 is 2.30 bits per heavy atom. The molecule has 182 valence electrons. The Morgan fingerprint density at radius 2 is 1.76 bits per heavy atom. The van der Waals surface area contributed by atoms with E-state index in [1.807, 2.05) is 49.1 Å². The Balaban J connectivity index is 0.00000129. The minimum atomic E-state index is 0.0732. The predicted octanol–water partition coefficient (Wildman–Crippen LogP) is 7.59. The second-order valence-corrected chi connectivity index (χ2v) is 8.95. The van der Waals surface area contributed by atoms with Crippen LogP contribution >= 0.6 is 23.2 Å². The van der Waals surface area contributed by atoms with Crippen molar-refractivity contribution >= 4 is 35.2 Å².